The highest BCUT2D eigenvalue weighted by Gasteiger charge is 2.23. The first kappa shape index (κ1) is 18.4. The molecule has 1 atom stereocenters. The predicted octanol–water partition coefficient (Wildman–Crippen LogP) is 3.44. The SMILES string of the molecule is N#Cc1ccc(NC(=O)CC2CN(Cc3ccccc3)CCO2)cc1Cl. The quantitative estimate of drug-likeness (QED) is 0.876. The highest BCUT2D eigenvalue weighted by atomic mass is 35.5. The standard InChI is InChI=1S/C20H20ClN3O2/c21-19-10-17(7-6-16(19)12-22)23-20(25)11-18-14-24(8-9-26-18)13-15-4-2-1-3-5-15/h1-7,10,18H,8-9,11,13-14H2,(H,23,25). The first-order valence-corrected chi connectivity index (χ1v) is 8.89. The second kappa shape index (κ2) is 8.81. The van der Waals surface area contributed by atoms with Crippen LogP contribution in [0, 0.1) is 11.3 Å². The van der Waals surface area contributed by atoms with Gasteiger partial charge in [0.15, 0.2) is 0 Å². The molecule has 0 saturated carbocycles. The minimum Gasteiger partial charge on any atom is -0.375 e. The van der Waals surface area contributed by atoms with Crippen LogP contribution in [0.4, 0.5) is 5.69 Å². The molecule has 1 aliphatic heterocycles. The van der Waals surface area contributed by atoms with Gasteiger partial charge in [0.2, 0.25) is 5.91 Å². The number of nitriles is 1. The summed E-state index contributed by atoms with van der Waals surface area (Å²) >= 11 is 6.00. The smallest absolute Gasteiger partial charge is 0.227 e. The molecule has 1 amide bonds. The largest absolute Gasteiger partial charge is 0.375 e. The molecule has 6 heteroatoms. The van der Waals surface area contributed by atoms with E-state index in [1.54, 1.807) is 18.2 Å². The number of nitrogens with one attached hydrogen (secondary N) is 1. The van der Waals surface area contributed by atoms with Crippen molar-refractivity contribution in [1.82, 2.24) is 4.90 Å². The fraction of sp³-hybridized carbons (Fsp3) is 0.300. The maximum Gasteiger partial charge on any atom is 0.227 e. The lowest BCUT2D eigenvalue weighted by Gasteiger charge is -2.32. The fourth-order valence-electron chi connectivity index (χ4n) is 2.99. The zero-order valence-electron chi connectivity index (χ0n) is 14.3. The van der Waals surface area contributed by atoms with Crippen LogP contribution in [0.15, 0.2) is 48.5 Å². The van der Waals surface area contributed by atoms with Gasteiger partial charge in [-0.2, -0.15) is 5.26 Å². The number of hydrogen-bond acceptors (Lipinski definition) is 4. The van der Waals surface area contributed by atoms with E-state index in [2.05, 4.69) is 22.3 Å². The summed E-state index contributed by atoms with van der Waals surface area (Å²) in [5, 5.41) is 12.0. The monoisotopic (exact) mass is 369 g/mol. The third-order valence-corrected chi connectivity index (χ3v) is 4.57. The van der Waals surface area contributed by atoms with Gasteiger partial charge in [-0.1, -0.05) is 41.9 Å². The Hall–Kier alpha value is -2.39. The Morgan fingerprint density at radius 1 is 1.31 bits per heavy atom. The molecule has 1 aliphatic rings. The van der Waals surface area contributed by atoms with E-state index in [1.807, 2.05) is 24.3 Å². The second-order valence-electron chi connectivity index (χ2n) is 6.27. The Labute approximate surface area is 158 Å². The normalized spacial score (nSPS) is 17.5. The van der Waals surface area contributed by atoms with Crippen LogP contribution < -0.4 is 5.32 Å². The van der Waals surface area contributed by atoms with Crippen molar-refractivity contribution in [2.45, 2.75) is 19.1 Å². The molecule has 3 rings (SSSR count). The maximum absolute atomic E-state index is 12.3. The number of morpholine rings is 1. The minimum absolute atomic E-state index is 0.127. The van der Waals surface area contributed by atoms with Gasteiger partial charge in [-0.05, 0) is 23.8 Å². The van der Waals surface area contributed by atoms with Crippen molar-refractivity contribution >= 4 is 23.2 Å². The van der Waals surface area contributed by atoms with Crippen LogP contribution in [0.25, 0.3) is 0 Å². The molecule has 0 spiro atoms. The Morgan fingerprint density at radius 2 is 2.12 bits per heavy atom. The molecule has 134 valence electrons. The van der Waals surface area contributed by atoms with E-state index in [4.69, 9.17) is 21.6 Å². The summed E-state index contributed by atoms with van der Waals surface area (Å²) in [5.41, 5.74) is 2.22. The molecular weight excluding hydrogens is 350 g/mol. The summed E-state index contributed by atoms with van der Waals surface area (Å²) in [6, 6.07) is 17.1. The number of nitrogens with zero attached hydrogens (tertiary/aromatic N) is 2. The lowest BCUT2D eigenvalue weighted by atomic mass is 10.1. The van der Waals surface area contributed by atoms with Crippen LogP contribution in [0.1, 0.15) is 17.5 Å². The number of ether oxygens (including phenoxy) is 1. The van der Waals surface area contributed by atoms with E-state index in [9.17, 15) is 4.79 Å². The summed E-state index contributed by atoms with van der Waals surface area (Å²) in [4.78, 5) is 14.6. The van der Waals surface area contributed by atoms with Gasteiger partial charge < -0.3 is 10.1 Å². The highest BCUT2D eigenvalue weighted by molar-refractivity contribution is 6.32. The molecule has 1 saturated heterocycles. The van der Waals surface area contributed by atoms with E-state index in [0.29, 0.717) is 22.9 Å². The highest BCUT2D eigenvalue weighted by Crippen LogP contribution is 2.21. The zero-order valence-corrected chi connectivity index (χ0v) is 15.1. The zero-order chi connectivity index (χ0) is 18.4. The summed E-state index contributed by atoms with van der Waals surface area (Å²) in [6.45, 7) is 3.05. The van der Waals surface area contributed by atoms with Crippen molar-refractivity contribution in [1.29, 1.82) is 5.26 Å². The molecule has 0 radical (unpaired) electrons. The van der Waals surface area contributed by atoms with E-state index < -0.39 is 0 Å². The van der Waals surface area contributed by atoms with Gasteiger partial charge in [0.25, 0.3) is 0 Å². The van der Waals surface area contributed by atoms with Crippen molar-refractivity contribution in [3.05, 3.63) is 64.7 Å². The van der Waals surface area contributed by atoms with Crippen LogP contribution in [-0.2, 0) is 16.1 Å². The van der Waals surface area contributed by atoms with Crippen LogP contribution in [0.5, 0.6) is 0 Å². The average molecular weight is 370 g/mol. The Balaban J connectivity index is 1.52. The van der Waals surface area contributed by atoms with Gasteiger partial charge in [-0.15, -0.1) is 0 Å². The van der Waals surface area contributed by atoms with Gasteiger partial charge >= 0.3 is 0 Å². The molecular formula is C20H20ClN3O2. The van der Waals surface area contributed by atoms with Crippen LogP contribution in [0.2, 0.25) is 5.02 Å². The van der Waals surface area contributed by atoms with Crippen LogP contribution in [0.3, 0.4) is 0 Å². The van der Waals surface area contributed by atoms with Crippen molar-refractivity contribution in [3.63, 3.8) is 0 Å². The molecule has 1 heterocycles. The summed E-state index contributed by atoms with van der Waals surface area (Å²) < 4.78 is 5.74. The third kappa shape index (κ3) is 5.06. The molecule has 0 aromatic heterocycles. The predicted molar refractivity (Wildman–Crippen MR) is 101 cm³/mol. The average Bonchev–Trinajstić information content (AvgIpc) is 2.63. The van der Waals surface area contributed by atoms with Gasteiger partial charge in [-0.25, -0.2) is 0 Å². The molecule has 0 aliphatic carbocycles. The van der Waals surface area contributed by atoms with E-state index in [-0.39, 0.29) is 18.4 Å². The van der Waals surface area contributed by atoms with E-state index in [0.717, 1.165) is 19.6 Å². The molecule has 26 heavy (non-hydrogen) atoms. The topological polar surface area (TPSA) is 65.4 Å². The van der Waals surface area contributed by atoms with Crippen LogP contribution >= 0.6 is 11.6 Å². The first-order chi connectivity index (χ1) is 12.6. The van der Waals surface area contributed by atoms with E-state index >= 15 is 0 Å². The molecule has 0 bridgehead atoms. The summed E-state index contributed by atoms with van der Waals surface area (Å²) in [5.74, 6) is -0.127. The van der Waals surface area contributed by atoms with Gasteiger partial charge in [-0.3, -0.25) is 9.69 Å². The Kier molecular flexibility index (Phi) is 6.24. The van der Waals surface area contributed by atoms with E-state index in [1.165, 1.54) is 5.56 Å². The van der Waals surface area contributed by atoms with Crippen molar-refractivity contribution in [2.24, 2.45) is 0 Å². The van der Waals surface area contributed by atoms with Gasteiger partial charge in [0, 0.05) is 25.3 Å². The molecule has 2 aromatic rings. The maximum atomic E-state index is 12.3. The lowest BCUT2D eigenvalue weighted by molar-refractivity contribution is -0.121. The van der Waals surface area contributed by atoms with Gasteiger partial charge in [0.1, 0.15) is 6.07 Å². The number of hydrogen-bond donors (Lipinski definition) is 1. The molecule has 1 unspecified atom stereocenters. The summed E-state index contributed by atoms with van der Waals surface area (Å²) in [6.07, 6.45) is 0.143. The second-order valence-corrected chi connectivity index (χ2v) is 6.68. The minimum atomic E-state index is -0.138. The van der Waals surface area contributed by atoms with Crippen molar-refractivity contribution < 1.29 is 9.53 Å². The number of halogens is 1. The first-order valence-electron chi connectivity index (χ1n) is 8.51. The summed E-state index contributed by atoms with van der Waals surface area (Å²) in [7, 11) is 0. The molecule has 1 N–H and O–H groups in total. The number of rotatable bonds is 5. The number of anilines is 1. The van der Waals surface area contributed by atoms with Crippen LogP contribution in [-0.4, -0.2) is 36.6 Å². The number of carbonyl (C=O) groups is 1. The lowest BCUT2D eigenvalue weighted by Crippen LogP contribution is -2.43. The fourth-order valence-corrected chi connectivity index (χ4v) is 3.21. The molecule has 1 fully saturated rings. The number of carbonyl (C=O) groups excluding carboxylic acids is 1. The van der Waals surface area contributed by atoms with Crippen molar-refractivity contribution in [3.8, 4) is 6.07 Å². The van der Waals surface area contributed by atoms with Gasteiger partial charge in [0.05, 0.1) is 29.7 Å². The Morgan fingerprint density at radius 3 is 2.85 bits per heavy atom. The number of benzene rings is 2. The number of amides is 1. The van der Waals surface area contributed by atoms with Crippen molar-refractivity contribution in [2.75, 3.05) is 25.0 Å². The Bertz CT molecular complexity index is 804. The molecule has 5 nitrogen and oxygen atoms in total. The molecule has 2 aromatic carbocycles. The third-order valence-electron chi connectivity index (χ3n) is 4.26.